The van der Waals surface area contributed by atoms with Crippen LogP contribution in [0.1, 0.15) is 22.8 Å². The molecule has 2 aromatic rings. The first-order valence-electron chi connectivity index (χ1n) is 8.26. The van der Waals surface area contributed by atoms with E-state index in [1.165, 1.54) is 31.2 Å². The summed E-state index contributed by atoms with van der Waals surface area (Å²) in [6.07, 6.45) is -1.02. The third-order valence-corrected chi connectivity index (χ3v) is 4.15. The highest BCUT2D eigenvalue weighted by atomic mass is 35.5. The number of carbonyl (C=O) groups is 2. The number of halogens is 2. The second-order valence-electron chi connectivity index (χ2n) is 5.87. The highest BCUT2D eigenvalue weighted by Gasteiger charge is 2.23. The zero-order chi connectivity index (χ0) is 19.4. The Labute approximate surface area is 160 Å². The van der Waals surface area contributed by atoms with Gasteiger partial charge in [-0.05, 0) is 36.8 Å². The van der Waals surface area contributed by atoms with Crippen molar-refractivity contribution in [3.63, 3.8) is 0 Å². The van der Waals surface area contributed by atoms with Crippen LogP contribution in [0.15, 0.2) is 36.4 Å². The van der Waals surface area contributed by atoms with Crippen LogP contribution in [-0.4, -0.2) is 31.2 Å². The van der Waals surface area contributed by atoms with Gasteiger partial charge in [-0.1, -0.05) is 23.7 Å². The number of rotatable bonds is 5. The molecule has 0 bridgehead atoms. The zero-order valence-corrected chi connectivity index (χ0v) is 15.2. The minimum atomic E-state index is -1.02. The molecule has 0 spiro atoms. The van der Waals surface area contributed by atoms with Crippen LogP contribution >= 0.6 is 11.6 Å². The van der Waals surface area contributed by atoms with Crippen molar-refractivity contribution in [3.05, 3.63) is 58.4 Å². The lowest BCUT2D eigenvalue weighted by molar-refractivity contribution is -0.129. The van der Waals surface area contributed by atoms with Crippen LogP contribution in [0.3, 0.4) is 0 Å². The molecule has 1 atom stereocenters. The van der Waals surface area contributed by atoms with Gasteiger partial charge in [-0.15, -0.1) is 0 Å². The monoisotopic (exact) mass is 393 g/mol. The van der Waals surface area contributed by atoms with Crippen molar-refractivity contribution >= 4 is 23.5 Å². The molecule has 1 amide bonds. The number of hydrogen-bond donors (Lipinski definition) is 1. The molecule has 0 radical (unpaired) electrons. The van der Waals surface area contributed by atoms with Crippen molar-refractivity contribution in [2.24, 2.45) is 0 Å². The normalized spacial score (nSPS) is 13.6. The molecule has 1 N–H and O–H groups in total. The highest BCUT2D eigenvalue weighted by Crippen LogP contribution is 2.38. The number of ether oxygens (including phenoxy) is 3. The summed E-state index contributed by atoms with van der Waals surface area (Å²) in [5.74, 6) is -0.807. The SMILES string of the molecule is C[C@@H](OC(=O)c1cc(Cl)c2c(c1)OCCO2)C(=O)NCc1ccc(F)cc1. The van der Waals surface area contributed by atoms with Crippen molar-refractivity contribution in [2.75, 3.05) is 13.2 Å². The Balaban J connectivity index is 1.59. The topological polar surface area (TPSA) is 73.9 Å². The molecule has 27 heavy (non-hydrogen) atoms. The van der Waals surface area contributed by atoms with E-state index in [0.717, 1.165) is 5.56 Å². The summed E-state index contributed by atoms with van der Waals surface area (Å²) in [4.78, 5) is 24.4. The van der Waals surface area contributed by atoms with E-state index in [-0.39, 0.29) is 22.9 Å². The Hall–Kier alpha value is -2.80. The molecule has 0 saturated heterocycles. The minimum Gasteiger partial charge on any atom is -0.486 e. The fourth-order valence-electron chi connectivity index (χ4n) is 2.45. The Morgan fingerprint density at radius 3 is 2.67 bits per heavy atom. The quantitative estimate of drug-likeness (QED) is 0.790. The van der Waals surface area contributed by atoms with Gasteiger partial charge in [0.2, 0.25) is 0 Å². The minimum absolute atomic E-state index is 0.155. The van der Waals surface area contributed by atoms with Crippen LogP contribution in [0, 0.1) is 5.82 Å². The third kappa shape index (κ3) is 4.68. The Morgan fingerprint density at radius 2 is 1.93 bits per heavy atom. The van der Waals surface area contributed by atoms with Gasteiger partial charge in [-0.25, -0.2) is 9.18 Å². The molecular weight excluding hydrogens is 377 g/mol. The van der Waals surface area contributed by atoms with Crippen molar-refractivity contribution in [2.45, 2.75) is 19.6 Å². The molecule has 3 rings (SSSR count). The predicted octanol–water partition coefficient (Wildman–Crippen LogP) is 3.11. The lowest BCUT2D eigenvalue weighted by Crippen LogP contribution is -2.35. The molecule has 2 aromatic carbocycles. The maximum absolute atomic E-state index is 12.9. The van der Waals surface area contributed by atoms with Crippen molar-refractivity contribution in [3.8, 4) is 11.5 Å². The number of esters is 1. The van der Waals surface area contributed by atoms with Crippen molar-refractivity contribution in [1.29, 1.82) is 0 Å². The Morgan fingerprint density at radius 1 is 1.22 bits per heavy atom. The predicted molar refractivity (Wildman–Crippen MR) is 95.6 cm³/mol. The first-order valence-corrected chi connectivity index (χ1v) is 8.64. The average Bonchev–Trinajstić information content (AvgIpc) is 2.67. The maximum Gasteiger partial charge on any atom is 0.339 e. The smallest absolute Gasteiger partial charge is 0.339 e. The van der Waals surface area contributed by atoms with Gasteiger partial charge in [0.25, 0.3) is 5.91 Å². The standard InChI is InChI=1S/C19H17ClFNO5/c1-11(18(23)22-10-12-2-4-14(21)5-3-12)27-19(24)13-8-15(20)17-16(9-13)25-6-7-26-17/h2-5,8-9,11H,6-7,10H2,1H3,(H,22,23)/t11-/m1/s1. The number of hydrogen-bond acceptors (Lipinski definition) is 5. The van der Waals surface area contributed by atoms with E-state index in [2.05, 4.69) is 5.32 Å². The van der Waals surface area contributed by atoms with E-state index >= 15 is 0 Å². The summed E-state index contributed by atoms with van der Waals surface area (Å²) >= 11 is 6.10. The lowest BCUT2D eigenvalue weighted by Gasteiger charge is -2.20. The van der Waals surface area contributed by atoms with Crippen LogP contribution in [0.4, 0.5) is 4.39 Å². The third-order valence-electron chi connectivity index (χ3n) is 3.87. The molecule has 142 valence electrons. The van der Waals surface area contributed by atoms with Crippen molar-refractivity contribution in [1.82, 2.24) is 5.32 Å². The first kappa shape index (κ1) is 19.0. The summed E-state index contributed by atoms with van der Waals surface area (Å²) in [6, 6.07) is 8.59. The van der Waals surface area contributed by atoms with Crippen LogP contribution < -0.4 is 14.8 Å². The second kappa shape index (κ2) is 8.26. The van der Waals surface area contributed by atoms with E-state index in [4.69, 9.17) is 25.8 Å². The van der Waals surface area contributed by atoms with Gasteiger partial charge in [0.15, 0.2) is 17.6 Å². The summed E-state index contributed by atoms with van der Waals surface area (Å²) in [5, 5.41) is 2.86. The number of nitrogens with one attached hydrogen (secondary N) is 1. The molecule has 6 nitrogen and oxygen atoms in total. The summed E-state index contributed by atoms with van der Waals surface area (Å²) < 4.78 is 28.9. The molecule has 8 heteroatoms. The van der Waals surface area contributed by atoms with Crippen LogP contribution in [-0.2, 0) is 16.1 Å². The molecule has 0 fully saturated rings. The van der Waals surface area contributed by atoms with Crippen LogP contribution in [0.5, 0.6) is 11.5 Å². The van der Waals surface area contributed by atoms with Gasteiger partial charge in [0, 0.05) is 6.54 Å². The van der Waals surface area contributed by atoms with E-state index in [9.17, 15) is 14.0 Å². The fraction of sp³-hybridized carbons (Fsp3) is 0.263. The van der Waals surface area contributed by atoms with E-state index in [1.54, 1.807) is 12.1 Å². The number of carbonyl (C=O) groups excluding carboxylic acids is 2. The van der Waals surface area contributed by atoms with Gasteiger partial charge in [0.05, 0.1) is 10.6 Å². The van der Waals surface area contributed by atoms with Gasteiger partial charge in [0.1, 0.15) is 19.0 Å². The van der Waals surface area contributed by atoms with E-state index in [0.29, 0.717) is 24.7 Å². The van der Waals surface area contributed by atoms with E-state index < -0.39 is 18.0 Å². The largest absolute Gasteiger partial charge is 0.486 e. The number of fused-ring (bicyclic) bond motifs is 1. The van der Waals surface area contributed by atoms with Crippen LogP contribution in [0.25, 0.3) is 0 Å². The molecule has 1 aliphatic rings. The fourth-order valence-corrected chi connectivity index (χ4v) is 2.71. The lowest BCUT2D eigenvalue weighted by atomic mass is 10.2. The first-order chi connectivity index (χ1) is 12.9. The summed E-state index contributed by atoms with van der Waals surface area (Å²) in [5.41, 5.74) is 0.879. The molecule has 0 aromatic heterocycles. The van der Waals surface area contributed by atoms with Crippen LogP contribution in [0.2, 0.25) is 5.02 Å². The highest BCUT2D eigenvalue weighted by molar-refractivity contribution is 6.32. The summed E-state index contributed by atoms with van der Waals surface area (Å²) in [6.45, 7) is 2.38. The van der Waals surface area contributed by atoms with Gasteiger partial charge >= 0.3 is 5.97 Å². The molecule has 1 aliphatic heterocycles. The van der Waals surface area contributed by atoms with Gasteiger partial charge < -0.3 is 19.5 Å². The number of benzene rings is 2. The number of amides is 1. The average molecular weight is 394 g/mol. The maximum atomic E-state index is 12.9. The molecule has 1 heterocycles. The Bertz CT molecular complexity index is 856. The molecule has 0 saturated carbocycles. The van der Waals surface area contributed by atoms with Gasteiger partial charge in [-0.2, -0.15) is 0 Å². The molecular formula is C19H17ClFNO5. The molecule has 0 aliphatic carbocycles. The summed E-state index contributed by atoms with van der Waals surface area (Å²) in [7, 11) is 0. The zero-order valence-electron chi connectivity index (χ0n) is 14.5. The van der Waals surface area contributed by atoms with E-state index in [1.807, 2.05) is 0 Å². The Kier molecular flexibility index (Phi) is 5.81. The van der Waals surface area contributed by atoms with Crippen molar-refractivity contribution < 1.29 is 28.2 Å². The molecule has 0 unspecified atom stereocenters. The second-order valence-corrected chi connectivity index (χ2v) is 6.28. The van der Waals surface area contributed by atoms with Gasteiger partial charge in [-0.3, -0.25) is 4.79 Å².